The number of nitrogens with zero attached hydrogens (tertiary/aromatic N) is 1. The number of carbonyl (C=O) groups is 2. The first kappa shape index (κ1) is 28.9. The highest BCUT2D eigenvalue weighted by Crippen LogP contribution is 2.30. The van der Waals surface area contributed by atoms with Gasteiger partial charge in [-0.1, -0.05) is 56.8 Å². The molecule has 0 aliphatic carbocycles. The number of carbonyl (C=O) groups excluding carboxylic acids is 2. The second kappa shape index (κ2) is 12.7. The number of methoxy groups -OCH3 is 1. The summed E-state index contributed by atoms with van der Waals surface area (Å²) in [5.41, 5.74) is 2.46. The molecule has 0 bridgehead atoms. The summed E-state index contributed by atoms with van der Waals surface area (Å²) in [4.78, 5) is 27.3. The van der Waals surface area contributed by atoms with E-state index in [0.717, 1.165) is 11.1 Å². The lowest BCUT2D eigenvalue weighted by atomic mass is 10.00. The van der Waals surface area contributed by atoms with Gasteiger partial charge in [0.25, 0.3) is 0 Å². The number of nitrogens with one attached hydrogen (secondary N) is 1. The Hall–Kier alpha value is -3.68. The maximum atomic E-state index is 12.8. The molecule has 1 heterocycles. The van der Waals surface area contributed by atoms with Crippen LogP contribution in [-0.2, 0) is 22.4 Å². The number of alkyl carbamates (subject to hydrolysis) is 1. The van der Waals surface area contributed by atoms with Crippen LogP contribution in [0.25, 0.3) is 0 Å². The molecule has 8 heteroatoms. The van der Waals surface area contributed by atoms with Crippen LogP contribution in [0.5, 0.6) is 11.5 Å². The number of rotatable bonds is 11. The number of amides is 2. The van der Waals surface area contributed by atoms with Gasteiger partial charge in [-0.3, -0.25) is 0 Å². The minimum absolute atomic E-state index is 0.326. The van der Waals surface area contributed by atoms with E-state index in [-0.39, 0.29) is 0 Å². The molecule has 2 atom stereocenters. The minimum atomic E-state index is -0.666. The van der Waals surface area contributed by atoms with E-state index in [0.29, 0.717) is 43.5 Å². The smallest absolute Gasteiger partial charge is 0.410 e. The predicted octanol–water partition coefficient (Wildman–Crippen LogP) is 5.84. The Morgan fingerprint density at radius 2 is 1.95 bits per heavy atom. The average Bonchev–Trinajstić information content (AvgIpc) is 3.21. The summed E-state index contributed by atoms with van der Waals surface area (Å²) < 4.78 is 22.4. The van der Waals surface area contributed by atoms with Gasteiger partial charge in [0.1, 0.15) is 18.3 Å². The second-order valence-corrected chi connectivity index (χ2v) is 10.7. The van der Waals surface area contributed by atoms with E-state index >= 15 is 0 Å². The minimum Gasteiger partial charge on any atom is -0.493 e. The van der Waals surface area contributed by atoms with E-state index in [1.54, 1.807) is 38.9 Å². The quantitative estimate of drug-likeness (QED) is 0.372. The molecule has 3 rings (SSSR count). The lowest BCUT2D eigenvalue weighted by Crippen LogP contribution is -2.48. The van der Waals surface area contributed by atoms with Crippen LogP contribution in [-0.4, -0.2) is 55.1 Å². The third kappa shape index (κ3) is 8.16. The summed E-state index contributed by atoms with van der Waals surface area (Å²) in [6, 6.07) is 13.3. The Morgan fingerprint density at radius 3 is 2.61 bits per heavy atom. The van der Waals surface area contributed by atoms with Gasteiger partial charge < -0.3 is 29.2 Å². The number of cyclic esters (lactones) is 1. The molecule has 8 nitrogen and oxygen atoms in total. The van der Waals surface area contributed by atoms with Crippen molar-refractivity contribution in [3.8, 4) is 11.5 Å². The molecule has 1 N–H and O–H groups in total. The summed E-state index contributed by atoms with van der Waals surface area (Å²) >= 11 is 0. The van der Waals surface area contributed by atoms with Gasteiger partial charge >= 0.3 is 12.2 Å². The molecule has 0 radical (unpaired) electrons. The van der Waals surface area contributed by atoms with Gasteiger partial charge in [-0.2, -0.15) is 0 Å². The fraction of sp³-hybridized carbons (Fsp3) is 0.467. The molecule has 0 saturated carbocycles. The maximum absolute atomic E-state index is 12.8. The first-order valence-corrected chi connectivity index (χ1v) is 12.9. The molecular formula is C30H40N2O6. The molecule has 38 heavy (non-hydrogen) atoms. The predicted molar refractivity (Wildman–Crippen MR) is 147 cm³/mol. The van der Waals surface area contributed by atoms with Gasteiger partial charge in [-0.15, -0.1) is 0 Å². The van der Waals surface area contributed by atoms with Crippen molar-refractivity contribution in [2.75, 3.05) is 20.3 Å². The maximum Gasteiger partial charge on any atom is 0.410 e. The zero-order chi connectivity index (χ0) is 27.9. The standard InChI is InChI=1S/C30H40N2O6/c1-8-14-36-26-17-21(12-13-25(26)35-7)16-24(31-28(33)38-30(4,5)6)27-19-32(29(34)37-27)18-22-10-9-11-23(15-22)20(2)3/h8-13,15,17,20,24,27H,1,14,16,18-19H2,2-7H3,(H,31,33). The van der Waals surface area contributed by atoms with Gasteiger partial charge in [0.2, 0.25) is 0 Å². The molecule has 1 fully saturated rings. The Kier molecular flexibility index (Phi) is 9.66. The van der Waals surface area contributed by atoms with Crippen molar-refractivity contribution in [3.05, 3.63) is 71.8 Å². The molecule has 1 saturated heterocycles. The van der Waals surface area contributed by atoms with Gasteiger partial charge in [0, 0.05) is 6.54 Å². The van der Waals surface area contributed by atoms with E-state index in [2.05, 4.69) is 37.9 Å². The van der Waals surface area contributed by atoms with Gasteiger partial charge in [-0.05, 0) is 61.9 Å². The summed E-state index contributed by atoms with van der Waals surface area (Å²) in [5.74, 6) is 1.55. The van der Waals surface area contributed by atoms with Crippen LogP contribution >= 0.6 is 0 Å². The highest BCUT2D eigenvalue weighted by atomic mass is 16.6. The zero-order valence-corrected chi connectivity index (χ0v) is 23.3. The first-order valence-electron chi connectivity index (χ1n) is 12.9. The van der Waals surface area contributed by atoms with Crippen molar-refractivity contribution >= 4 is 12.2 Å². The molecule has 2 unspecified atom stereocenters. The van der Waals surface area contributed by atoms with Crippen molar-refractivity contribution in [2.45, 2.75) is 71.2 Å². The van der Waals surface area contributed by atoms with Crippen LogP contribution in [0.1, 0.15) is 57.2 Å². The van der Waals surface area contributed by atoms with Crippen LogP contribution in [0.3, 0.4) is 0 Å². The van der Waals surface area contributed by atoms with Crippen molar-refractivity contribution in [2.24, 2.45) is 0 Å². The Morgan fingerprint density at radius 1 is 1.18 bits per heavy atom. The Bertz CT molecular complexity index is 1120. The molecule has 2 aromatic rings. The van der Waals surface area contributed by atoms with Crippen LogP contribution < -0.4 is 14.8 Å². The molecule has 0 spiro atoms. The SMILES string of the molecule is C=CCOc1cc(CC(NC(=O)OC(C)(C)C)C2CN(Cc3cccc(C(C)C)c3)C(=O)O2)ccc1OC. The summed E-state index contributed by atoms with van der Waals surface area (Å²) in [6.45, 7) is 14.5. The fourth-order valence-corrected chi connectivity index (χ4v) is 4.24. The van der Waals surface area contributed by atoms with Gasteiger partial charge in [0.15, 0.2) is 11.5 Å². The molecule has 1 aliphatic rings. The monoisotopic (exact) mass is 524 g/mol. The van der Waals surface area contributed by atoms with E-state index in [9.17, 15) is 9.59 Å². The summed E-state index contributed by atoms with van der Waals surface area (Å²) in [5, 5.41) is 2.93. The van der Waals surface area contributed by atoms with E-state index in [1.165, 1.54) is 5.56 Å². The van der Waals surface area contributed by atoms with E-state index < -0.39 is 29.9 Å². The third-order valence-corrected chi connectivity index (χ3v) is 6.09. The number of ether oxygens (including phenoxy) is 4. The van der Waals surface area contributed by atoms with Crippen LogP contribution in [0.2, 0.25) is 0 Å². The largest absolute Gasteiger partial charge is 0.493 e. The molecule has 1 aliphatic heterocycles. The molecule has 0 aromatic heterocycles. The highest BCUT2D eigenvalue weighted by Gasteiger charge is 2.38. The van der Waals surface area contributed by atoms with E-state index in [4.69, 9.17) is 18.9 Å². The normalized spacial score (nSPS) is 16.1. The lowest BCUT2D eigenvalue weighted by molar-refractivity contribution is 0.0436. The highest BCUT2D eigenvalue weighted by molar-refractivity contribution is 5.71. The zero-order valence-electron chi connectivity index (χ0n) is 23.3. The van der Waals surface area contributed by atoms with Gasteiger partial charge in [0.05, 0.1) is 19.7 Å². The Labute approximate surface area is 225 Å². The van der Waals surface area contributed by atoms with Crippen LogP contribution in [0.15, 0.2) is 55.1 Å². The third-order valence-electron chi connectivity index (χ3n) is 6.09. The van der Waals surface area contributed by atoms with Gasteiger partial charge in [-0.25, -0.2) is 9.59 Å². The summed E-state index contributed by atoms with van der Waals surface area (Å²) in [6.07, 6.45) is 0.497. The lowest BCUT2D eigenvalue weighted by Gasteiger charge is -2.26. The Balaban J connectivity index is 1.80. The molecular weight excluding hydrogens is 484 g/mol. The molecule has 2 amide bonds. The molecule has 2 aromatic carbocycles. The molecule has 206 valence electrons. The summed E-state index contributed by atoms with van der Waals surface area (Å²) in [7, 11) is 1.58. The van der Waals surface area contributed by atoms with Crippen molar-refractivity contribution in [3.63, 3.8) is 0 Å². The van der Waals surface area contributed by atoms with Crippen LogP contribution in [0, 0.1) is 0 Å². The van der Waals surface area contributed by atoms with Crippen molar-refractivity contribution < 1.29 is 28.5 Å². The van der Waals surface area contributed by atoms with E-state index in [1.807, 2.05) is 30.3 Å². The second-order valence-electron chi connectivity index (χ2n) is 10.7. The number of benzene rings is 2. The topological polar surface area (TPSA) is 86.3 Å². The first-order chi connectivity index (χ1) is 18.0. The number of hydrogen-bond acceptors (Lipinski definition) is 6. The van der Waals surface area contributed by atoms with Crippen molar-refractivity contribution in [1.29, 1.82) is 0 Å². The number of hydrogen-bond donors (Lipinski definition) is 1. The fourth-order valence-electron chi connectivity index (χ4n) is 4.24. The average molecular weight is 525 g/mol. The van der Waals surface area contributed by atoms with Crippen LogP contribution in [0.4, 0.5) is 9.59 Å². The van der Waals surface area contributed by atoms with Crippen molar-refractivity contribution in [1.82, 2.24) is 10.2 Å².